The number of rotatable bonds is 4. The van der Waals surface area contributed by atoms with Gasteiger partial charge in [-0.3, -0.25) is 0 Å². The zero-order valence-electron chi connectivity index (χ0n) is 7.37. The number of halogens is 1. The van der Waals surface area contributed by atoms with Gasteiger partial charge in [-0.15, -0.1) is 0 Å². The van der Waals surface area contributed by atoms with E-state index in [1.165, 1.54) is 0 Å². The van der Waals surface area contributed by atoms with Gasteiger partial charge in [-0.25, -0.2) is 4.79 Å². The minimum Gasteiger partial charge on any atom is -0.492 e. The summed E-state index contributed by atoms with van der Waals surface area (Å²) in [6.45, 7) is 0.561. The quantitative estimate of drug-likeness (QED) is 0.756. The summed E-state index contributed by atoms with van der Waals surface area (Å²) in [7, 11) is 0. The molecule has 0 unspecified atom stereocenters. The van der Waals surface area contributed by atoms with Crippen LogP contribution in [0, 0.1) is 0 Å². The molecule has 1 rings (SSSR count). The van der Waals surface area contributed by atoms with E-state index < -0.39 is 6.09 Å². The van der Waals surface area contributed by atoms with Crippen molar-refractivity contribution in [3.63, 3.8) is 0 Å². The van der Waals surface area contributed by atoms with E-state index in [-0.39, 0.29) is 6.54 Å². The molecule has 0 spiro atoms. The van der Waals surface area contributed by atoms with Crippen LogP contribution in [0.2, 0.25) is 5.02 Å². The molecule has 0 fully saturated rings. The predicted octanol–water partition coefficient (Wildman–Crippen LogP) is 1.99. The summed E-state index contributed by atoms with van der Waals surface area (Å²) in [5.41, 5.74) is 0. The number of ether oxygens (including phenoxy) is 1. The van der Waals surface area contributed by atoms with Crippen LogP contribution in [0.15, 0.2) is 24.3 Å². The fraction of sp³-hybridized carbons (Fsp3) is 0.222. The maximum Gasteiger partial charge on any atom is 0.404 e. The van der Waals surface area contributed by atoms with Gasteiger partial charge in [0.05, 0.1) is 6.54 Å². The lowest BCUT2D eigenvalue weighted by Crippen LogP contribution is -2.26. The van der Waals surface area contributed by atoms with E-state index in [4.69, 9.17) is 21.4 Å². The van der Waals surface area contributed by atoms with Crippen LogP contribution in [0.3, 0.4) is 0 Å². The average Bonchev–Trinajstić information content (AvgIpc) is 2.15. The summed E-state index contributed by atoms with van der Waals surface area (Å²) >= 11 is 5.67. The van der Waals surface area contributed by atoms with Gasteiger partial charge in [0.2, 0.25) is 0 Å². The Hall–Kier alpha value is -1.42. The Morgan fingerprint density at radius 1 is 1.43 bits per heavy atom. The number of carboxylic acid groups (broad SMARTS) is 1. The second-order valence-corrected chi connectivity index (χ2v) is 2.97. The van der Waals surface area contributed by atoms with E-state index in [9.17, 15) is 4.79 Å². The molecule has 76 valence electrons. The van der Waals surface area contributed by atoms with Crippen LogP contribution in [0.5, 0.6) is 5.75 Å². The molecule has 14 heavy (non-hydrogen) atoms. The molecular weight excluding hydrogens is 206 g/mol. The van der Waals surface area contributed by atoms with Crippen molar-refractivity contribution in [3.05, 3.63) is 29.3 Å². The molecule has 0 radical (unpaired) electrons. The highest BCUT2D eigenvalue weighted by atomic mass is 35.5. The molecule has 0 saturated heterocycles. The zero-order valence-corrected chi connectivity index (χ0v) is 8.12. The molecule has 4 nitrogen and oxygen atoms in total. The van der Waals surface area contributed by atoms with E-state index >= 15 is 0 Å². The van der Waals surface area contributed by atoms with Gasteiger partial charge in [-0.2, -0.15) is 0 Å². The molecule has 0 atom stereocenters. The number of amides is 1. The first-order chi connectivity index (χ1) is 6.68. The van der Waals surface area contributed by atoms with Crippen molar-refractivity contribution < 1.29 is 14.6 Å². The Morgan fingerprint density at radius 2 is 2.07 bits per heavy atom. The third-order valence-corrected chi connectivity index (χ3v) is 1.71. The highest BCUT2D eigenvalue weighted by molar-refractivity contribution is 6.30. The van der Waals surface area contributed by atoms with E-state index in [0.29, 0.717) is 17.4 Å². The predicted molar refractivity (Wildman–Crippen MR) is 53.0 cm³/mol. The van der Waals surface area contributed by atoms with E-state index in [1.807, 2.05) is 0 Å². The molecule has 0 saturated carbocycles. The van der Waals surface area contributed by atoms with Gasteiger partial charge in [-0.05, 0) is 24.3 Å². The SMILES string of the molecule is O=C(O)NCCOc1ccc(Cl)cc1. The molecule has 0 aromatic heterocycles. The minimum absolute atomic E-state index is 0.262. The van der Waals surface area contributed by atoms with Gasteiger partial charge in [0.15, 0.2) is 0 Å². The first-order valence-electron chi connectivity index (χ1n) is 4.03. The standard InChI is InChI=1S/C9H10ClNO3/c10-7-1-3-8(4-2-7)14-6-5-11-9(12)13/h1-4,11H,5-6H2,(H,12,13). The maximum atomic E-state index is 10.1. The van der Waals surface area contributed by atoms with Crippen LogP contribution in [0.25, 0.3) is 0 Å². The van der Waals surface area contributed by atoms with Crippen molar-refractivity contribution in [1.82, 2.24) is 5.32 Å². The van der Waals surface area contributed by atoms with Gasteiger partial charge in [0.25, 0.3) is 0 Å². The number of nitrogens with one attached hydrogen (secondary N) is 1. The first kappa shape index (κ1) is 10.7. The van der Waals surface area contributed by atoms with E-state index in [1.54, 1.807) is 24.3 Å². The Morgan fingerprint density at radius 3 is 2.64 bits per heavy atom. The number of hydrogen-bond acceptors (Lipinski definition) is 2. The largest absolute Gasteiger partial charge is 0.492 e. The van der Waals surface area contributed by atoms with Crippen molar-refractivity contribution in [2.24, 2.45) is 0 Å². The Bertz CT molecular complexity index is 299. The molecule has 1 aromatic carbocycles. The molecule has 0 bridgehead atoms. The van der Waals surface area contributed by atoms with Crippen molar-refractivity contribution in [2.45, 2.75) is 0 Å². The maximum absolute atomic E-state index is 10.1. The second-order valence-electron chi connectivity index (χ2n) is 2.53. The molecular formula is C9H10ClNO3. The zero-order chi connectivity index (χ0) is 10.4. The Balaban J connectivity index is 2.25. The van der Waals surface area contributed by atoms with Crippen molar-refractivity contribution >= 4 is 17.7 Å². The topological polar surface area (TPSA) is 58.6 Å². The van der Waals surface area contributed by atoms with Gasteiger partial charge >= 0.3 is 6.09 Å². The Labute approximate surface area is 86.4 Å². The lowest BCUT2D eigenvalue weighted by Gasteiger charge is -2.05. The second kappa shape index (κ2) is 5.34. The summed E-state index contributed by atoms with van der Waals surface area (Å²) in [6.07, 6.45) is -1.05. The molecule has 1 aromatic rings. The average molecular weight is 216 g/mol. The third-order valence-electron chi connectivity index (χ3n) is 1.46. The lowest BCUT2D eigenvalue weighted by molar-refractivity contribution is 0.191. The van der Waals surface area contributed by atoms with Crippen LogP contribution in [0.4, 0.5) is 4.79 Å². The van der Waals surface area contributed by atoms with Crippen molar-refractivity contribution in [3.8, 4) is 5.75 Å². The molecule has 1 amide bonds. The monoisotopic (exact) mass is 215 g/mol. The first-order valence-corrected chi connectivity index (χ1v) is 4.41. The number of carbonyl (C=O) groups is 1. The number of benzene rings is 1. The van der Waals surface area contributed by atoms with Crippen LogP contribution in [-0.2, 0) is 0 Å². The highest BCUT2D eigenvalue weighted by Crippen LogP contribution is 2.14. The number of hydrogen-bond donors (Lipinski definition) is 2. The molecule has 5 heteroatoms. The van der Waals surface area contributed by atoms with Gasteiger partial charge in [-0.1, -0.05) is 11.6 Å². The highest BCUT2D eigenvalue weighted by Gasteiger charge is 1.95. The minimum atomic E-state index is -1.05. The lowest BCUT2D eigenvalue weighted by atomic mass is 10.3. The summed E-state index contributed by atoms with van der Waals surface area (Å²) in [5.74, 6) is 0.668. The van der Waals surface area contributed by atoms with Crippen LogP contribution in [-0.4, -0.2) is 24.4 Å². The fourth-order valence-corrected chi connectivity index (χ4v) is 0.984. The molecule has 0 heterocycles. The van der Waals surface area contributed by atoms with Crippen molar-refractivity contribution in [1.29, 1.82) is 0 Å². The van der Waals surface area contributed by atoms with E-state index in [2.05, 4.69) is 5.32 Å². The molecule has 0 aliphatic heterocycles. The van der Waals surface area contributed by atoms with Gasteiger partial charge in [0, 0.05) is 5.02 Å². The van der Waals surface area contributed by atoms with Crippen LogP contribution >= 0.6 is 11.6 Å². The summed E-state index contributed by atoms with van der Waals surface area (Å²) in [5, 5.41) is 11.1. The van der Waals surface area contributed by atoms with Crippen molar-refractivity contribution in [2.75, 3.05) is 13.2 Å². The fourth-order valence-electron chi connectivity index (χ4n) is 0.858. The summed E-state index contributed by atoms with van der Waals surface area (Å²) in [4.78, 5) is 10.1. The third kappa shape index (κ3) is 4.00. The normalized spacial score (nSPS) is 9.50. The molecule has 0 aliphatic carbocycles. The summed E-state index contributed by atoms with van der Waals surface area (Å²) < 4.78 is 5.23. The van der Waals surface area contributed by atoms with Gasteiger partial charge < -0.3 is 15.2 Å². The summed E-state index contributed by atoms with van der Waals surface area (Å²) in [6, 6.07) is 6.87. The Kier molecular flexibility index (Phi) is 4.07. The van der Waals surface area contributed by atoms with Crippen LogP contribution < -0.4 is 10.1 Å². The van der Waals surface area contributed by atoms with Crippen LogP contribution in [0.1, 0.15) is 0 Å². The van der Waals surface area contributed by atoms with Gasteiger partial charge in [0.1, 0.15) is 12.4 Å². The van der Waals surface area contributed by atoms with E-state index in [0.717, 1.165) is 0 Å². The smallest absolute Gasteiger partial charge is 0.404 e. The molecule has 2 N–H and O–H groups in total. The molecule has 0 aliphatic rings.